The molecule has 0 radical (unpaired) electrons. The number of rotatable bonds is 7. The van der Waals surface area contributed by atoms with E-state index in [4.69, 9.17) is 21.1 Å². The molecule has 10 heteroatoms. The number of halogens is 1. The quantitative estimate of drug-likeness (QED) is 0.517. The Balaban J connectivity index is 1.43. The number of carbonyl (C=O) groups excluding carboxylic acids is 1. The van der Waals surface area contributed by atoms with Gasteiger partial charge in [-0.1, -0.05) is 49.3 Å². The number of thioether (sulfide) groups is 1. The minimum Gasteiger partial charge on any atom is -0.490 e. The first-order chi connectivity index (χ1) is 15.5. The summed E-state index contributed by atoms with van der Waals surface area (Å²) in [7, 11) is 0. The fourth-order valence-electron chi connectivity index (χ4n) is 3.39. The number of hydrogen-bond donors (Lipinski definition) is 1. The van der Waals surface area contributed by atoms with Crippen LogP contribution in [-0.2, 0) is 4.79 Å². The molecule has 168 valence electrons. The van der Waals surface area contributed by atoms with Crippen LogP contribution in [0.4, 0.5) is 0 Å². The molecule has 1 atom stereocenters. The Bertz CT molecular complexity index is 1090. The molecule has 3 aromatic rings. The molecule has 2 aromatic carbocycles. The Hall–Kier alpha value is -2.78. The van der Waals surface area contributed by atoms with Crippen LogP contribution in [0.5, 0.6) is 11.5 Å². The second-order valence-electron chi connectivity index (χ2n) is 7.69. The third-order valence-corrected chi connectivity index (χ3v) is 6.09. The summed E-state index contributed by atoms with van der Waals surface area (Å²) < 4.78 is 13.1. The standard InChI is InChI=1S/C22H24ClN5O3S/c1-14(2)21(15-7-8-18-19(11-15)31-10-4-9-30-18)24-20(29)13-32-22-25-26-27-28(22)17-6-3-5-16(23)12-17/h3,5-8,11-12,14,21H,4,9-10,13H2,1-2H3,(H,24,29). The number of fused-ring (bicyclic) bond motifs is 1. The summed E-state index contributed by atoms with van der Waals surface area (Å²) in [6.45, 7) is 5.40. The van der Waals surface area contributed by atoms with E-state index in [1.165, 1.54) is 11.8 Å². The van der Waals surface area contributed by atoms with Gasteiger partial charge in [0.05, 0.1) is 30.7 Å². The van der Waals surface area contributed by atoms with Gasteiger partial charge in [-0.3, -0.25) is 4.79 Å². The van der Waals surface area contributed by atoms with Crippen molar-refractivity contribution in [3.05, 3.63) is 53.1 Å². The smallest absolute Gasteiger partial charge is 0.230 e. The second-order valence-corrected chi connectivity index (χ2v) is 9.07. The summed E-state index contributed by atoms with van der Waals surface area (Å²) in [5.74, 6) is 1.71. The van der Waals surface area contributed by atoms with Crippen LogP contribution in [0.1, 0.15) is 31.9 Å². The predicted octanol–water partition coefficient (Wildman–Crippen LogP) is 4.08. The van der Waals surface area contributed by atoms with Crippen molar-refractivity contribution in [3.63, 3.8) is 0 Å². The van der Waals surface area contributed by atoms with E-state index in [1.807, 2.05) is 30.3 Å². The van der Waals surface area contributed by atoms with Gasteiger partial charge in [0.15, 0.2) is 11.5 Å². The molecule has 1 N–H and O–H groups in total. The first-order valence-electron chi connectivity index (χ1n) is 10.4. The third kappa shape index (κ3) is 5.34. The number of nitrogens with zero attached hydrogens (tertiary/aromatic N) is 4. The highest BCUT2D eigenvalue weighted by Gasteiger charge is 2.22. The van der Waals surface area contributed by atoms with Crippen LogP contribution in [0.15, 0.2) is 47.6 Å². The maximum Gasteiger partial charge on any atom is 0.230 e. The number of carbonyl (C=O) groups is 1. The fraction of sp³-hybridized carbons (Fsp3) is 0.364. The topological polar surface area (TPSA) is 91.2 Å². The van der Waals surface area contributed by atoms with Crippen molar-refractivity contribution in [1.29, 1.82) is 0 Å². The lowest BCUT2D eigenvalue weighted by molar-refractivity contribution is -0.119. The van der Waals surface area contributed by atoms with Crippen LogP contribution >= 0.6 is 23.4 Å². The zero-order valence-electron chi connectivity index (χ0n) is 17.8. The Labute approximate surface area is 195 Å². The molecule has 8 nitrogen and oxygen atoms in total. The number of benzene rings is 2. The Morgan fingerprint density at radius 3 is 2.78 bits per heavy atom. The molecule has 2 heterocycles. The van der Waals surface area contributed by atoms with Crippen LogP contribution in [0.2, 0.25) is 5.02 Å². The molecule has 0 saturated heterocycles. The largest absolute Gasteiger partial charge is 0.490 e. The van der Waals surface area contributed by atoms with Gasteiger partial charge in [-0.15, -0.1) is 5.10 Å². The van der Waals surface area contributed by atoms with Crippen molar-refractivity contribution in [2.24, 2.45) is 5.92 Å². The molecule has 0 saturated carbocycles. The van der Waals surface area contributed by atoms with E-state index in [0.29, 0.717) is 23.4 Å². The highest BCUT2D eigenvalue weighted by atomic mass is 35.5. The average molecular weight is 474 g/mol. The van der Waals surface area contributed by atoms with Gasteiger partial charge in [-0.2, -0.15) is 4.68 Å². The van der Waals surface area contributed by atoms with E-state index >= 15 is 0 Å². The fourth-order valence-corrected chi connectivity index (χ4v) is 4.28. The minimum absolute atomic E-state index is 0.110. The number of ether oxygens (including phenoxy) is 2. The summed E-state index contributed by atoms with van der Waals surface area (Å²) in [5.41, 5.74) is 1.71. The van der Waals surface area contributed by atoms with E-state index in [0.717, 1.165) is 29.2 Å². The molecule has 4 rings (SSSR count). The lowest BCUT2D eigenvalue weighted by Crippen LogP contribution is -2.33. The van der Waals surface area contributed by atoms with Crippen molar-refractivity contribution in [3.8, 4) is 17.2 Å². The second kappa shape index (κ2) is 10.2. The van der Waals surface area contributed by atoms with Crippen LogP contribution in [-0.4, -0.2) is 45.1 Å². The lowest BCUT2D eigenvalue weighted by Gasteiger charge is -2.23. The molecule has 1 aliphatic heterocycles. The summed E-state index contributed by atoms with van der Waals surface area (Å²) >= 11 is 7.33. The van der Waals surface area contributed by atoms with Gasteiger partial charge in [0.2, 0.25) is 11.1 Å². The van der Waals surface area contributed by atoms with Crippen LogP contribution in [0.3, 0.4) is 0 Å². The number of tetrazole rings is 1. The Kier molecular flexibility index (Phi) is 7.16. The molecule has 1 unspecified atom stereocenters. The molecule has 0 spiro atoms. The first-order valence-corrected chi connectivity index (χ1v) is 11.7. The van der Waals surface area contributed by atoms with E-state index in [1.54, 1.807) is 16.8 Å². The van der Waals surface area contributed by atoms with E-state index in [9.17, 15) is 4.79 Å². The van der Waals surface area contributed by atoms with Crippen LogP contribution in [0.25, 0.3) is 5.69 Å². The molecule has 1 aromatic heterocycles. The molecular formula is C22H24ClN5O3S. The lowest BCUT2D eigenvalue weighted by atomic mass is 9.95. The molecule has 0 aliphatic carbocycles. The Morgan fingerprint density at radius 2 is 2.00 bits per heavy atom. The average Bonchev–Trinajstić information content (AvgIpc) is 3.12. The normalized spacial score (nSPS) is 14.1. The van der Waals surface area contributed by atoms with E-state index in [2.05, 4.69) is 34.7 Å². The zero-order valence-corrected chi connectivity index (χ0v) is 19.4. The molecule has 32 heavy (non-hydrogen) atoms. The van der Waals surface area contributed by atoms with Gasteiger partial charge in [-0.05, 0) is 52.2 Å². The van der Waals surface area contributed by atoms with Gasteiger partial charge in [-0.25, -0.2) is 0 Å². The van der Waals surface area contributed by atoms with Crippen molar-refractivity contribution in [2.45, 2.75) is 31.5 Å². The maximum atomic E-state index is 12.8. The minimum atomic E-state index is -0.163. The number of hydrogen-bond acceptors (Lipinski definition) is 7. The first kappa shape index (κ1) is 22.4. The SMILES string of the molecule is CC(C)C(NC(=O)CSc1nnnn1-c1cccc(Cl)c1)c1ccc2c(c1)OCCCO2. The highest BCUT2D eigenvalue weighted by Crippen LogP contribution is 2.34. The summed E-state index contributed by atoms with van der Waals surface area (Å²) in [6.07, 6.45) is 0.847. The van der Waals surface area contributed by atoms with Crippen molar-refractivity contribution in [2.75, 3.05) is 19.0 Å². The Morgan fingerprint density at radius 1 is 1.19 bits per heavy atom. The highest BCUT2D eigenvalue weighted by molar-refractivity contribution is 7.99. The van der Waals surface area contributed by atoms with Gasteiger partial charge >= 0.3 is 0 Å². The van der Waals surface area contributed by atoms with Crippen LogP contribution in [0, 0.1) is 5.92 Å². The van der Waals surface area contributed by atoms with Crippen molar-refractivity contribution in [1.82, 2.24) is 25.5 Å². The van der Waals surface area contributed by atoms with Gasteiger partial charge < -0.3 is 14.8 Å². The van der Waals surface area contributed by atoms with E-state index in [-0.39, 0.29) is 23.6 Å². The number of amides is 1. The van der Waals surface area contributed by atoms with Gasteiger partial charge in [0.1, 0.15) is 0 Å². The predicted molar refractivity (Wildman–Crippen MR) is 123 cm³/mol. The number of nitrogens with one attached hydrogen (secondary N) is 1. The molecule has 0 bridgehead atoms. The summed E-state index contributed by atoms with van der Waals surface area (Å²) in [4.78, 5) is 12.8. The summed E-state index contributed by atoms with van der Waals surface area (Å²) in [6, 6.07) is 12.9. The zero-order chi connectivity index (χ0) is 22.5. The molecule has 0 fully saturated rings. The molecular weight excluding hydrogens is 450 g/mol. The third-order valence-electron chi connectivity index (χ3n) is 4.94. The van der Waals surface area contributed by atoms with Gasteiger partial charge in [0, 0.05) is 11.4 Å². The molecule has 1 aliphatic rings. The van der Waals surface area contributed by atoms with Gasteiger partial charge in [0.25, 0.3) is 0 Å². The van der Waals surface area contributed by atoms with Crippen LogP contribution < -0.4 is 14.8 Å². The van der Waals surface area contributed by atoms with E-state index < -0.39 is 0 Å². The summed E-state index contributed by atoms with van der Waals surface area (Å²) in [5, 5.41) is 16.0. The number of aromatic nitrogens is 4. The van der Waals surface area contributed by atoms with Crippen molar-refractivity contribution < 1.29 is 14.3 Å². The monoisotopic (exact) mass is 473 g/mol. The maximum absolute atomic E-state index is 12.8. The molecule has 1 amide bonds. The van der Waals surface area contributed by atoms with Crippen molar-refractivity contribution >= 4 is 29.3 Å².